The molecule has 1 heteroatoms. The lowest BCUT2D eigenvalue weighted by atomic mass is 9.98. The minimum Gasteiger partial charge on any atom is -0.326 e. The van der Waals surface area contributed by atoms with Gasteiger partial charge in [0.05, 0.1) is 0 Å². The second kappa shape index (κ2) is 3.72. The summed E-state index contributed by atoms with van der Waals surface area (Å²) >= 11 is 0. The first-order valence-electron chi connectivity index (χ1n) is 4.44. The molecule has 0 fully saturated rings. The summed E-state index contributed by atoms with van der Waals surface area (Å²) in [6, 6.07) is 6.53. The summed E-state index contributed by atoms with van der Waals surface area (Å²) in [7, 11) is 0. The number of aryl methyl sites for hydroxylation is 1. The fourth-order valence-electron chi connectivity index (χ4n) is 1.31. The summed E-state index contributed by atoms with van der Waals surface area (Å²) in [5, 5.41) is 0. The van der Waals surface area contributed by atoms with Crippen molar-refractivity contribution in [2.24, 2.45) is 5.73 Å². The van der Waals surface area contributed by atoms with Crippen LogP contribution in [0.15, 0.2) is 18.2 Å². The van der Waals surface area contributed by atoms with E-state index in [4.69, 9.17) is 5.73 Å². The molecule has 0 radical (unpaired) electrons. The second-order valence-corrected chi connectivity index (χ2v) is 3.54. The molecule has 0 heterocycles. The molecular formula is C11H17N. The normalized spacial score (nSPS) is 10.8. The molecule has 1 nitrogen and oxygen atoms in total. The van der Waals surface area contributed by atoms with E-state index in [0.29, 0.717) is 12.5 Å². The summed E-state index contributed by atoms with van der Waals surface area (Å²) < 4.78 is 0. The largest absolute Gasteiger partial charge is 0.326 e. The van der Waals surface area contributed by atoms with Crippen molar-refractivity contribution in [3.05, 3.63) is 34.9 Å². The van der Waals surface area contributed by atoms with Gasteiger partial charge in [0, 0.05) is 6.54 Å². The van der Waals surface area contributed by atoms with Gasteiger partial charge in [0.2, 0.25) is 0 Å². The summed E-state index contributed by atoms with van der Waals surface area (Å²) in [5.41, 5.74) is 9.53. The van der Waals surface area contributed by atoms with Crippen molar-refractivity contribution in [2.45, 2.75) is 33.2 Å². The van der Waals surface area contributed by atoms with Crippen LogP contribution in [0, 0.1) is 6.92 Å². The first kappa shape index (κ1) is 9.27. The molecule has 0 aromatic heterocycles. The van der Waals surface area contributed by atoms with Gasteiger partial charge < -0.3 is 5.73 Å². The predicted molar refractivity (Wildman–Crippen MR) is 53.2 cm³/mol. The van der Waals surface area contributed by atoms with Gasteiger partial charge in [0.1, 0.15) is 0 Å². The van der Waals surface area contributed by atoms with Crippen LogP contribution in [0.25, 0.3) is 0 Å². The smallest absolute Gasteiger partial charge is 0.0180 e. The Morgan fingerprint density at radius 3 is 2.42 bits per heavy atom. The lowest BCUT2D eigenvalue weighted by Gasteiger charge is -2.08. The number of hydrogen-bond acceptors (Lipinski definition) is 1. The molecule has 0 unspecified atom stereocenters. The van der Waals surface area contributed by atoms with Crippen molar-refractivity contribution in [1.29, 1.82) is 0 Å². The molecule has 0 aliphatic heterocycles. The second-order valence-electron chi connectivity index (χ2n) is 3.54. The summed E-state index contributed by atoms with van der Waals surface area (Å²) in [6.07, 6.45) is 0. The summed E-state index contributed by atoms with van der Waals surface area (Å²) in [4.78, 5) is 0. The average molecular weight is 163 g/mol. The van der Waals surface area contributed by atoms with E-state index in [1.807, 2.05) is 0 Å². The van der Waals surface area contributed by atoms with E-state index in [-0.39, 0.29) is 0 Å². The van der Waals surface area contributed by atoms with Crippen molar-refractivity contribution in [3.8, 4) is 0 Å². The summed E-state index contributed by atoms with van der Waals surface area (Å²) in [6.45, 7) is 7.17. The first-order valence-corrected chi connectivity index (χ1v) is 4.44. The highest BCUT2D eigenvalue weighted by Crippen LogP contribution is 2.17. The third-order valence-electron chi connectivity index (χ3n) is 2.25. The van der Waals surface area contributed by atoms with E-state index in [1.165, 1.54) is 16.7 Å². The van der Waals surface area contributed by atoms with Crippen LogP contribution in [-0.4, -0.2) is 0 Å². The lowest BCUT2D eigenvalue weighted by molar-refractivity contribution is 0.861. The molecule has 0 spiro atoms. The average Bonchev–Trinajstić information content (AvgIpc) is 2.04. The molecule has 0 saturated heterocycles. The molecule has 2 N–H and O–H groups in total. The molecule has 0 amide bonds. The SMILES string of the molecule is Cc1cc(C(C)C)ccc1CN. The Labute approximate surface area is 74.6 Å². The maximum atomic E-state index is 5.58. The van der Waals surface area contributed by atoms with Crippen LogP contribution in [0.5, 0.6) is 0 Å². The first-order chi connectivity index (χ1) is 5.65. The van der Waals surface area contributed by atoms with Crippen LogP contribution in [0.4, 0.5) is 0 Å². The topological polar surface area (TPSA) is 26.0 Å². The molecule has 0 atom stereocenters. The van der Waals surface area contributed by atoms with Gasteiger partial charge in [-0.25, -0.2) is 0 Å². The van der Waals surface area contributed by atoms with Crippen LogP contribution in [-0.2, 0) is 6.54 Å². The Kier molecular flexibility index (Phi) is 2.88. The highest BCUT2D eigenvalue weighted by Gasteiger charge is 2.01. The van der Waals surface area contributed by atoms with E-state index >= 15 is 0 Å². The fourth-order valence-corrected chi connectivity index (χ4v) is 1.31. The molecule has 0 saturated carbocycles. The quantitative estimate of drug-likeness (QED) is 0.712. The Balaban J connectivity index is 3.02. The zero-order valence-corrected chi connectivity index (χ0v) is 8.09. The molecule has 0 aliphatic carbocycles. The number of nitrogens with two attached hydrogens (primary N) is 1. The van der Waals surface area contributed by atoms with Gasteiger partial charge in [0.15, 0.2) is 0 Å². The zero-order chi connectivity index (χ0) is 9.14. The summed E-state index contributed by atoms with van der Waals surface area (Å²) in [5.74, 6) is 0.607. The third kappa shape index (κ3) is 1.86. The molecule has 0 aliphatic rings. The van der Waals surface area contributed by atoms with E-state index in [9.17, 15) is 0 Å². The van der Waals surface area contributed by atoms with Gasteiger partial charge in [-0.05, 0) is 29.5 Å². The monoisotopic (exact) mass is 163 g/mol. The van der Waals surface area contributed by atoms with Crippen molar-refractivity contribution in [1.82, 2.24) is 0 Å². The van der Waals surface area contributed by atoms with E-state index in [0.717, 1.165) is 0 Å². The Hall–Kier alpha value is -0.820. The van der Waals surface area contributed by atoms with Gasteiger partial charge in [0.25, 0.3) is 0 Å². The van der Waals surface area contributed by atoms with E-state index in [2.05, 4.69) is 39.0 Å². The lowest BCUT2D eigenvalue weighted by Crippen LogP contribution is -2.00. The Bertz CT molecular complexity index is 264. The van der Waals surface area contributed by atoms with Crippen molar-refractivity contribution < 1.29 is 0 Å². The maximum Gasteiger partial charge on any atom is 0.0180 e. The van der Waals surface area contributed by atoms with E-state index < -0.39 is 0 Å². The van der Waals surface area contributed by atoms with Crippen LogP contribution < -0.4 is 5.73 Å². The highest BCUT2D eigenvalue weighted by atomic mass is 14.5. The minimum atomic E-state index is 0.607. The van der Waals surface area contributed by atoms with Gasteiger partial charge in [-0.3, -0.25) is 0 Å². The Morgan fingerprint density at radius 1 is 1.33 bits per heavy atom. The molecule has 0 bridgehead atoms. The van der Waals surface area contributed by atoms with Crippen molar-refractivity contribution in [2.75, 3.05) is 0 Å². The molecule has 66 valence electrons. The predicted octanol–water partition coefficient (Wildman–Crippen LogP) is 2.58. The van der Waals surface area contributed by atoms with Gasteiger partial charge in [-0.2, -0.15) is 0 Å². The van der Waals surface area contributed by atoms with Crippen LogP contribution >= 0.6 is 0 Å². The number of rotatable bonds is 2. The van der Waals surface area contributed by atoms with Crippen LogP contribution in [0.2, 0.25) is 0 Å². The molecule has 1 rings (SSSR count). The van der Waals surface area contributed by atoms with Crippen molar-refractivity contribution >= 4 is 0 Å². The van der Waals surface area contributed by atoms with Gasteiger partial charge in [-0.1, -0.05) is 32.0 Å². The van der Waals surface area contributed by atoms with Crippen LogP contribution in [0.3, 0.4) is 0 Å². The van der Waals surface area contributed by atoms with Gasteiger partial charge in [-0.15, -0.1) is 0 Å². The molecule has 1 aromatic carbocycles. The van der Waals surface area contributed by atoms with Crippen LogP contribution in [0.1, 0.15) is 36.5 Å². The third-order valence-corrected chi connectivity index (χ3v) is 2.25. The molecule has 1 aromatic rings. The zero-order valence-electron chi connectivity index (χ0n) is 8.09. The van der Waals surface area contributed by atoms with E-state index in [1.54, 1.807) is 0 Å². The highest BCUT2D eigenvalue weighted by molar-refractivity contribution is 5.32. The Morgan fingerprint density at radius 2 is 2.00 bits per heavy atom. The van der Waals surface area contributed by atoms with Crippen molar-refractivity contribution in [3.63, 3.8) is 0 Å². The maximum absolute atomic E-state index is 5.58. The minimum absolute atomic E-state index is 0.607. The number of hydrogen-bond donors (Lipinski definition) is 1. The fraction of sp³-hybridized carbons (Fsp3) is 0.455. The number of benzene rings is 1. The molecule has 12 heavy (non-hydrogen) atoms. The van der Waals surface area contributed by atoms with Gasteiger partial charge >= 0.3 is 0 Å². The molecular weight excluding hydrogens is 146 g/mol. The standard InChI is InChI=1S/C11H17N/c1-8(2)10-4-5-11(7-12)9(3)6-10/h4-6,8H,7,12H2,1-3H3.